The van der Waals surface area contributed by atoms with Crippen LogP contribution in [0.1, 0.15) is 24.0 Å². The fourth-order valence-electron chi connectivity index (χ4n) is 3.12. The molecule has 2 N–H and O–H groups in total. The van der Waals surface area contributed by atoms with Gasteiger partial charge in [0.15, 0.2) is 0 Å². The molecule has 174 valence electrons. The monoisotopic (exact) mass is 506 g/mol. The maximum Gasteiger partial charge on any atom is 0.261 e. The zero-order chi connectivity index (χ0) is 24.0. The van der Waals surface area contributed by atoms with Gasteiger partial charge in [0.2, 0.25) is 5.91 Å². The second-order valence-electron chi connectivity index (χ2n) is 7.47. The average molecular weight is 507 g/mol. The summed E-state index contributed by atoms with van der Waals surface area (Å²) in [7, 11) is -3.75. The molecule has 0 fully saturated rings. The summed E-state index contributed by atoms with van der Waals surface area (Å²) in [6, 6.07) is 16.5. The number of halogens is 2. The summed E-state index contributed by atoms with van der Waals surface area (Å²) in [5, 5.41) is 3.68. The van der Waals surface area contributed by atoms with E-state index in [9.17, 15) is 13.2 Å². The smallest absolute Gasteiger partial charge is 0.261 e. The number of carbonyl (C=O) groups excluding carboxylic acids is 1. The van der Waals surface area contributed by atoms with Crippen LogP contribution >= 0.6 is 23.2 Å². The van der Waals surface area contributed by atoms with Crippen LogP contribution in [0.2, 0.25) is 10.0 Å². The summed E-state index contributed by atoms with van der Waals surface area (Å²) in [5.74, 6) is 0.304. The molecule has 0 aliphatic rings. The van der Waals surface area contributed by atoms with Crippen LogP contribution in [0.3, 0.4) is 0 Å². The van der Waals surface area contributed by atoms with Crippen molar-refractivity contribution in [2.75, 3.05) is 16.6 Å². The Bertz CT molecular complexity index is 1230. The molecule has 0 aliphatic heterocycles. The van der Waals surface area contributed by atoms with Gasteiger partial charge in [0.05, 0.1) is 22.2 Å². The number of carbonyl (C=O) groups is 1. The number of ether oxygens (including phenoxy) is 1. The molecule has 33 heavy (non-hydrogen) atoms. The number of aryl methyl sites for hydroxylation is 2. The van der Waals surface area contributed by atoms with Crippen LogP contribution in [0.25, 0.3) is 0 Å². The van der Waals surface area contributed by atoms with Crippen LogP contribution in [0.15, 0.2) is 65.6 Å². The Kier molecular flexibility index (Phi) is 8.24. The van der Waals surface area contributed by atoms with Gasteiger partial charge in [0.25, 0.3) is 10.0 Å². The van der Waals surface area contributed by atoms with E-state index < -0.39 is 10.0 Å². The van der Waals surface area contributed by atoms with Crippen LogP contribution in [0.4, 0.5) is 11.4 Å². The lowest BCUT2D eigenvalue weighted by Crippen LogP contribution is -2.15. The lowest BCUT2D eigenvalue weighted by atomic mass is 10.1. The highest BCUT2D eigenvalue weighted by atomic mass is 35.5. The quantitative estimate of drug-likeness (QED) is 0.338. The highest BCUT2D eigenvalue weighted by Crippen LogP contribution is 2.28. The third-order valence-electron chi connectivity index (χ3n) is 4.87. The van der Waals surface area contributed by atoms with Gasteiger partial charge in [-0.25, -0.2) is 8.42 Å². The van der Waals surface area contributed by atoms with Gasteiger partial charge in [0, 0.05) is 17.1 Å². The van der Waals surface area contributed by atoms with Gasteiger partial charge in [-0.2, -0.15) is 0 Å². The Hall–Kier alpha value is -2.74. The van der Waals surface area contributed by atoms with Crippen molar-refractivity contribution in [1.82, 2.24) is 0 Å². The van der Waals surface area contributed by atoms with Crippen LogP contribution in [-0.2, 0) is 14.8 Å². The first kappa shape index (κ1) is 24.9. The molecule has 0 saturated heterocycles. The summed E-state index contributed by atoms with van der Waals surface area (Å²) in [6.07, 6.45) is 0.719. The van der Waals surface area contributed by atoms with Crippen molar-refractivity contribution in [3.8, 4) is 5.75 Å². The molecule has 6 nitrogen and oxygen atoms in total. The van der Waals surface area contributed by atoms with Crippen LogP contribution < -0.4 is 14.8 Å². The van der Waals surface area contributed by atoms with E-state index in [-0.39, 0.29) is 17.2 Å². The van der Waals surface area contributed by atoms with Gasteiger partial charge in [-0.05, 0) is 73.9 Å². The van der Waals surface area contributed by atoms with E-state index in [1.807, 2.05) is 32.0 Å². The predicted octanol–water partition coefficient (Wildman–Crippen LogP) is 6.21. The van der Waals surface area contributed by atoms with Gasteiger partial charge >= 0.3 is 0 Å². The summed E-state index contributed by atoms with van der Waals surface area (Å²) in [4.78, 5) is 12.3. The molecular weight excluding hydrogens is 483 g/mol. The first-order valence-corrected chi connectivity index (χ1v) is 12.5. The zero-order valence-electron chi connectivity index (χ0n) is 18.2. The predicted molar refractivity (Wildman–Crippen MR) is 133 cm³/mol. The molecule has 0 saturated carbocycles. The summed E-state index contributed by atoms with van der Waals surface area (Å²) >= 11 is 11.9. The van der Waals surface area contributed by atoms with E-state index in [0.717, 1.165) is 11.1 Å². The Morgan fingerprint density at radius 3 is 2.27 bits per heavy atom. The SMILES string of the molecule is Cc1cccc(C)c1NS(=O)(=O)c1ccc(NC(=O)CCCOc2ccc(Cl)cc2Cl)cc1. The number of para-hydroxylation sites is 1. The zero-order valence-corrected chi connectivity index (χ0v) is 20.5. The number of hydrogen-bond acceptors (Lipinski definition) is 4. The molecule has 3 aromatic rings. The molecule has 1 amide bonds. The first-order valence-electron chi connectivity index (χ1n) is 10.2. The van der Waals surface area contributed by atoms with Crippen molar-refractivity contribution < 1.29 is 17.9 Å². The fraction of sp³-hybridized carbons (Fsp3) is 0.208. The number of benzene rings is 3. The summed E-state index contributed by atoms with van der Waals surface area (Å²) < 4.78 is 33.7. The van der Waals surface area contributed by atoms with E-state index >= 15 is 0 Å². The molecule has 0 bridgehead atoms. The molecule has 0 aromatic heterocycles. The first-order chi connectivity index (χ1) is 15.7. The van der Waals surface area contributed by atoms with Gasteiger partial charge in [-0.1, -0.05) is 41.4 Å². The molecule has 0 radical (unpaired) electrons. The molecule has 3 aromatic carbocycles. The Morgan fingerprint density at radius 2 is 1.64 bits per heavy atom. The van der Waals surface area contributed by atoms with Crippen molar-refractivity contribution in [3.63, 3.8) is 0 Å². The number of hydrogen-bond donors (Lipinski definition) is 2. The van der Waals surface area contributed by atoms with Crippen molar-refractivity contribution in [2.45, 2.75) is 31.6 Å². The van der Waals surface area contributed by atoms with Crippen LogP contribution in [-0.4, -0.2) is 20.9 Å². The van der Waals surface area contributed by atoms with Crippen molar-refractivity contribution >= 4 is 50.5 Å². The van der Waals surface area contributed by atoms with Gasteiger partial charge in [-0.3, -0.25) is 9.52 Å². The Balaban J connectivity index is 1.51. The molecule has 9 heteroatoms. The second-order valence-corrected chi connectivity index (χ2v) is 10.00. The average Bonchev–Trinajstić information content (AvgIpc) is 2.75. The lowest BCUT2D eigenvalue weighted by Gasteiger charge is -2.13. The molecular formula is C24H24Cl2N2O4S. The summed E-state index contributed by atoms with van der Waals surface area (Å²) in [5.41, 5.74) is 2.75. The van der Waals surface area contributed by atoms with Gasteiger partial charge < -0.3 is 10.1 Å². The standard InChI is InChI=1S/C24H24Cl2N2O4S/c1-16-5-3-6-17(2)24(16)28-33(30,31)20-11-9-19(10-12-20)27-23(29)7-4-14-32-22-13-8-18(25)15-21(22)26/h3,5-6,8-13,15,28H,4,7,14H2,1-2H3,(H,27,29). The topological polar surface area (TPSA) is 84.5 Å². The van der Waals surface area contributed by atoms with E-state index in [1.165, 1.54) is 12.1 Å². The second kappa shape index (κ2) is 10.9. The number of nitrogens with one attached hydrogen (secondary N) is 2. The van der Waals surface area contributed by atoms with E-state index in [2.05, 4.69) is 10.0 Å². The minimum atomic E-state index is -3.75. The molecule has 0 aliphatic carbocycles. The lowest BCUT2D eigenvalue weighted by molar-refractivity contribution is -0.116. The number of anilines is 2. The molecule has 0 unspecified atom stereocenters. The van der Waals surface area contributed by atoms with Crippen molar-refractivity contribution in [1.29, 1.82) is 0 Å². The van der Waals surface area contributed by atoms with E-state index in [0.29, 0.717) is 40.2 Å². The normalized spacial score (nSPS) is 11.2. The molecule has 0 spiro atoms. The minimum absolute atomic E-state index is 0.108. The fourth-order valence-corrected chi connectivity index (χ4v) is 4.78. The largest absolute Gasteiger partial charge is 0.492 e. The van der Waals surface area contributed by atoms with Gasteiger partial charge in [-0.15, -0.1) is 0 Å². The van der Waals surface area contributed by atoms with Crippen LogP contribution in [0, 0.1) is 13.8 Å². The number of amides is 1. The van der Waals surface area contributed by atoms with Crippen molar-refractivity contribution in [3.05, 3.63) is 81.8 Å². The highest BCUT2D eigenvalue weighted by Gasteiger charge is 2.16. The van der Waals surface area contributed by atoms with E-state index in [1.54, 1.807) is 30.3 Å². The molecule has 0 atom stereocenters. The maximum absolute atomic E-state index is 12.7. The number of rotatable bonds is 9. The van der Waals surface area contributed by atoms with E-state index in [4.69, 9.17) is 27.9 Å². The van der Waals surface area contributed by atoms with Gasteiger partial charge in [0.1, 0.15) is 5.75 Å². The van der Waals surface area contributed by atoms with Crippen LogP contribution in [0.5, 0.6) is 5.75 Å². The maximum atomic E-state index is 12.7. The molecule has 3 rings (SSSR count). The molecule has 0 heterocycles. The van der Waals surface area contributed by atoms with Crippen molar-refractivity contribution in [2.24, 2.45) is 0 Å². The third-order valence-corrected chi connectivity index (χ3v) is 6.76. The third kappa shape index (κ3) is 6.87. The Morgan fingerprint density at radius 1 is 0.970 bits per heavy atom. The summed E-state index contributed by atoms with van der Waals surface area (Å²) in [6.45, 7) is 4.01. The minimum Gasteiger partial charge on any atom is -0.492 e. The number of sulfonamides is 1. The highest BCUT2D eigenvalue weighted by molar-refractivity contribution is 7.92. The Labute approximate surface area is 203 Å².